The minimum absolute atomic E-state index is 0.0131. The minimum Gasteiger partial charge on any atom is -0.434 e. The highest BCUT2D eigenvalue weighted by atomic mass is 28.4. The summed E-state index contributed by atoms with van der Waals surface area (Å²) in [5, 5.41) is 21.5. The number of nitro benzene ring substituents is 1. The molecule has 9 nitrogen and oxygen atoms in total. The Hall–Kier alpha value is -1.80. The number of nitrogens with zero attached hydrogens (tertiary/aromatic N) is 1. The van der Waals surface area contributed by atoms with E-state index in [0.29, 0.717) is 0 Å². The number of carbonyl (C=O) groups is 1. The number of carbonyl (C=O) groups excluding carboxylic acids is 1. The smallest absolute Gasteiger partial charge is 0.434 e. The van der Waals surface area contributed by atoms with E-state index in [1.807, 2.05) is 13.8 Å². The quantitative estimate of drug-likeness (QED) is 0.0653. The Morgan fingerprint density at radius 2 is 1.25 bits per heavy atom. The van der Waals surface area contributed by atoms with Gasteiger partial charge in [0.2, 0.25) is 0 Å². The molecule has 7 unspecified atom stereocenters. The van der Waals surface area contributed by atoms with E-state index in [4.69, 9.17) is 18.3 Å². The molecular weight excluding hydrogens is 595 g/mol. The van der Waals surface area contributed by atoms with Gasteiger partial charge in [-0.2, -0.15) is 0 Å². The predicted molar refractivity (Wildman–Crippen MR) is 182 cm³/mol. The van der Waals surface area contributed by atoms with Crippen LogP contribution in [0.4, 0.5) is 10.5 Å². The second kappa shape index (κ2) is 15.7. The van der Waals surface area contributed by atoms with Crippen molar-refractivity contribution in [2.45, 2.75) is 137 Å². The van der Waals surface area contributed by atoms with Gasteiger partial charge in [-0.15, -0.1) is 0 Å². The molecule has 0 radical (unpaired) electrons. The SMILES string of the molecule is CC(O)C(C)C(O[Si](C)(C)C(C)(C)C)C(C)CC(C)C(O[Si](C)(C)C(C)(C)C)C(C)COC(=O)Oc1ccc([N+](=O)[O-])cc1. The van der Waals surface area contributed by atoms with Gasteiger partial charge in [0.25, 0.3) is 5.69 Å². The molecule has 254 valence electrons. The van der Waals surface area contributed by atoms with E-state index in [1.165, 1.54) is 24.3 Å². The summed E-state index contributed by atoms with van der Waals surface area (Å²) in [5.74, 6) is 0.250. The van der Waals surface area contributed by atoms with Gasteiger partial charge < -0.3 is 23.4 Å². The normalized spacial score (nSPS) is 18.0. The zero-order valence-corrected chi connectivity index (χ0v) is 32.0. The van der Waals surface area contributed by atoms with Crippen molar-refractivity contribution in [2.75, 3.05) is 6.61 Å². The number of hydrogen-bond acceptors (Lipinski definition) is 8. The van der Waals surface area contributed by atoms with Crippen LogP contribution < -0.4 is 4.74 Å². The number of non-ortho nitro benzene ring substituents is 1. The molecule has 0 aliphatic rings. The summed E-state index contributed by atoms with van der Waals surface area (Å²) in [6, 6.07) is 5.29. The molecule has 44 heavy (non-hydrogen) atoms. The first kappa shape index (κ1) is 40.2. The number of hydrogen-bond donors (Lipinski definition) is 1. The zero-order valence-electron chi connectivity index (χ0n) is 30.0. The van der Waals surface area contributed by atoms with E-state index in [9.17, 15) is 20.0 Å². The largest absolute Gasteiger partial charge is 0.513 e. The van der Waals surface area contributed by atoms with Gasteiger partial charge >= 0.3 is 6.16 Å². The highest BCUT2D eigenvalue weighted by molar-refractivity contribution is 6.74. The van der Waals surface area contributed by atoms with Crippen LogP contribution in [-0.4, -0.2) is 57.7 Å². The molecule has 1 aromatic carbocycles. The molecule has 0 saturated heterocycles. The van der Waals surface area contributed by atoms with Gasteiger partial charge in [0.15, 0.2) is 16.6 Å². The standard InChI is InChI=1S/C33H61NO8Si2/c1-22(20-23(2)30(25(4)26(5)35)42-44(14,15)33(9,10)11)29(41-43(12,13)32(6,7)8)24(3)21-39-31(36)40-28-18-16-27(17-19-28)34(37)38/h16-19,22-26,29-30,35H,20-21H2,1-15H3. The molecule has 1 rings (SSSR count). The van der Waals surface area contributed by atoms with Crippen molar-refractivity contribution in [2.24, 2.45) is 23.7 Å². The summed E-state index contributed by atoms with van der Waals surface area (Å²) >= 11 is 0. The third-order valence-corrected chi connectivity index (χ3v) is 18.8. The van der Waals surface area contributed by atoms with Crippen molar-refractivity contribution in [3.8, 4) is 5.75 Å². The topological polar surface area (TPSA) is 117 Å². The molecule has 1 aromatic rings. The number of aliphatic hydroxyl groups excluding tert-OH is 1. The molecule has 0 saturated carbocycles. The molecule has 0 bridgehead atoms. The van der Waals surface area contributed by atoms with Gasteiger partial charge in [-0.25, -0.2) is 4.79 Å². The number of ether oxygens (including phenoxy) is 2. The molecule has 0 aliphatic carbocycles. The molecular formula is C33H61NO8Si2. The lowest BCUT2D eigenvalue weighted by molar-refractivity contribution is -0.384. The lowest BCUT2D eigenvalue weighted by Crippen LogP contribution is -2.50. The molecule has 11 heteroatoms. The van der Waals surface area contributed by atoms with Crippen LogP contribution in [0.5, 0.6) is 5.75 Å². The Morgan fingerprint density at radius 1 is 0.818 bits per heavy atom. The van der Waals surface area contributed by atoms with Crippen LogP contribution in [0, 0.1) is 33.8 Å². The van der Waals surface area contributed by atoms with Gasteiger partial charge in [0, 0.05) is 24.0 Å². The molecule has 0 amide bonds. The second-order valence-corrected chi connectivity index (χ2v) is 25.4. The number of nitro groups is 1. The van der Waals surface area contributed by atoms with E-state index in [2.05, 4.69) is 88.5 Å². The van der Waals surface area contributed by atoms with Crippen LogP contribution in [0.1, 0.15) is 82.6 Å². The van der Waals surface area contributed by atoms with Crippen LogP contribution in [0.25, 0.3) is 0 Å². The van der Waals surface area contributed by atoms with Crippen LogP contribution in [0.3, 0.4) is 0 Å². The van der Waals surface area contributed by atoms with Crippen molar-refractivity contribution >= 4 is 28.5 Å². The summed E-state index contributed by atoms with van der Waals surface area (Å²) < 4.78 is 24.8. The third-order valence-electron chi connectivity index (χ3n) is 9.89. The monoisotopic (exact) mass is 655 g/mol. The van der Waals surface area contributed by atoms with Gasteiger partial charge in [0.05, 0.1) is 29.8 Å². The minimum atomic E-state index is -2.20. The maximum absolute atomic E-state index is 12.5. The van der Waals surface area contributed by atoms with Crippen LogP contribution in [0.15, 0.2) is 24.3 Å². The summed E-state index contributed by atoms with van der Waals surface area (Å²) in [6.07, 6.45) is -0.869. The Bertz CT molecular complexity index is 1060. The Labute approximate surface area is 268 Å². The highest BCUT2D eigenvalue weighted by Crippen LogP contribution is 2.42. The molecule has 0 spiro atoms. The van der Waals surface area contributed by atoms with Crippen LogP contribution in [-0.2, 0) is 13.6 Å². The third kappa shape index (κ3) is 11.5. The fourth-order valence-corrected chi connectivity index (χ4v) is 7.73. The molecule has 0 heterocycles. The molecule has 0 aromatic heterocycles. The number of benzene rings is 1. The summed E-state index contributed by atoms with van der Waals surface area (Å²) in [6.45, 7) is 32.7. The summed E-state index contributed by atoms with van der Waals surface area (Å²) in [7, 11) is -4.31. The van der Waals surface area contributed by atoms with E-state index in [1.54, 1.807) is 0 Å². The van der Waals surface area contributed by atoms with E-state index in [0.717, 1.165) is 6.42 Å². The van der Waals surface area contributed by atoms with Crippen molar-refractivity contribution in [1.82, 2.24) is 0 Å². The van der Waals surface area contributed by atoms with Crippen LogP contribution in [0.2, 0.25) is 36.3 Å². The first-order valence-corrected chi connectivity index (χ1v) is 21.7. The fourth-order valence-electron chi connectivity index (χ4n) is 4.75. The average Bonchev–Trinajstić information content (AvgIpc) is 2.87. The molecule has 0 aliphatic heterocycles. The Kier molecular flexibility index (Phi) is 14.3. The Morgan fingerprint density at radius 3 is 1.66 bits per heavy atom. The highest BCUT2D eigenvalue weighted by Gasteiger charge is 2.44. The second-order valence-electron chi connectivity index (χ2n) is 15.9. The van der Waals surface area contributed by atoms with Crippen molar-refractivity contribution in [1.29, 1.82) is 0 Å². The first-order valence-electron chi connectivity index (χ1n) is 15.9. The van der Waals surface area contributed by atoms with Gasteiger partial charge in [-0.3, -0.25) is 10.1 Å². The van der Waals surface area contributed by atoms with Crippen molar-refractivity contribution in [3.05, 3.63) is 34.4 Å². The summed E-state index contributed by atoms with van der Waals surface area (Å²) in [5.41, 5.74) is -0.0898. The molecule has 0 fully saturated rings. The number of rotatable bonds is 15. The van der Waals surface area contributed by atoms with E-state index < -0.39 is 33.8 Å². The fraction of sp³-hybridized carbons (Fsp3) is 0.788. The van der Waals surface area contributed by atoms with E-state index >= 15 is 0 Å². The number of aliphatic hydroxyl groups is 1. The predicted octanol–water partition coefficient (Wildman–Crippen LogP) is 9.21. The molecule has 7 atom stereocenters. The zero-order chi connectivity index (χ0) is 34.4. The Balaban J connectivity index is 3.18. The van der Waals surface area contributed by atoms with Crippen molar-refractivity contribution < 1.29 is 33.2 Å². The molecule has 1 N–H and O–H groups in total. The van der Waals surface area contributed by atoms with E-state index in [-0.39, 0.29) is 64.0 Å². The maximum atomic E-state index is 12.5. The maximum Gasteiger partial charge on any atom is 0.513 e. The van der Waals surface area contributed by atoms with Gasteiger partial charge in [-0.1, -0.05) is 69.2 Å². The van der Waals surface area contributed by atoms with Crippen molar-refractivity contribution in [3.63, 3.8) is 0 Å². The summed E-state index contributed by atoms with van der Waals surface area (Å²) in [4.78, 5) is 22.9. The lowest BCUT2D eigenvalue weighted by Gasteiger charge is -2.45. The van der Waals surface area contributed by atoms with Gasteiger partial charge in [0.1, 0.15) is 5.75 Å². The average molecular weight is 656 g/mol. The lowest BCUT2D eigenvalue weighted by atomic mass is 9.81. The first-order chi connectivity index (χ1) is 19.8. The van der Waals surface area contributed by atoms with Gasteiger partial charge in [-0.05, 0) is 73.6 Å². The van der Waals surface area contributed by atoms with Crippen LogP contribution >= 0.6 is 0 Å².